The lowest BCUT2D eigenvalue weighted by Crippen LogP contribution is -2.43. The highest BCUT2D eigenvalue weighted by Crippen LogP contribution is 2.29. The number of benzene rings is 1. The largest absolute Gasteiger partial charge is 0.496 e. The van der Waals surface area contributed by atoms with E-state index in [-0.39, 0.29) is 11.9 Å². The highest BCUT2D eigenvalue weighted by atomic mass is 16.5. The van der Waals surface area contributed by atoms with Crippen LogP contribution < -0.4 is 10.1 Å². The van der Waals surface area contributed by atoms with Crippen molar-refractivity contribution in [3.8, 4) is 5.75 Å². The van der Waals surface area contributed by atoms with Crippen LogP contribution in [0.5, 0.6) is 5.75 Å². The van der Waals surface area contributed by atoms with Gasteiger partial charge in [-0.15, -0.1) is 0 Å². The standard InChI is InChI=1S/C18H22N2O4/c1-22-16-6-3-2-5-14(16)15(20-8-11-23-12-9-20)13-19-18(21)17-7-4-10-24-17/h2-7,10,15H,8-9,11-13H2,1H3,(H,19,21). The van der Waals surface area contributed by atoms with Crippen molar-refractivity contribution in [3.63, 3.8) is 0 Å². The minimum atomic E-state index is -0.215. The SMILES string of the molecule is COc1ccccc1C(CNC(=O)c1ccco1)N1CCOCC1. The molecule has 1 aromatic heterocycles. The minimum absolute atomic E-state index is 0.0176. The van der Waals surface area contributed by atoms with Crippen LogP contribution in [0.3, 0.4) is 0 Å². The number of carbonyl (C=O) groups is 1. The molecule has 1 aliphatic rings. The molecule has 0 aliphatic carbocycles. The topological polar surface area (TPSA) is 63.9 Å². The summed E-state index contributed by atoms with van der Waals surface area (Å²) < 4.78 is 16.1. The number of morpholine rings is 1. The Morgan fingerprint density at radius 1 is 1.25 bits per heavy atom. The molecule has 0 saturated carbocycles. The van der Waals surface area contributed by atoms with E-state index in [4.69, 9.17) is 13.9 Å². The summed E-state index contributed by atoms with van der Waals surface area (Å²) >= 11 is 0. The maximum atomic E-state index is 12.2. The van der Waals surface area contributed by atoms with Crippen molar-refractivity contribution in [1.29, 1.82) is 0 Å². The molecule has 0 bridgehead atoms. The number of methoxy groups -OCH3 is 1. The Morgan fingerprint density at radius 3 is 2.75 bits per heavy atom. The molecule has 0 spiro atoms. The third-order valence-corrected chi connectivity index (χ3v) is 4.19. The molecule has 1 fully saturated rings. The maximum Gasteiger partial charge on any atom is 0.287 e. The minimum Gasteiger partial charge on any atom is -0.496 e. The molecule has 1 atom stereocenters. The number of nitrogens with zero attached hydrogens (tertiary/aromatic N) is 1. The van der Waals surface area contributed by atoms with Crippen LogP contribution in [0.2, 0.25) is 0 Å². The molecule has 1 amide bonds. The van der Waals surface area contributed by atoms with Crippen LogP contribution in [0.15, 0.2) is 47.1 Å². The zero-order chi connectivity index (χ0) is 16.8. The summed E-state index contributed by atoms with van der Waals surface area (Å²) in [6, 6.07) is 11.3. The molecule has 3 rings (SSSR count). The molecule has 6 heteroatoms. The maximum absolute atomic E-state index is 12.2. The third-order valence-electron chi connectivity index (χ3n) is 4.19. The van der Waals surface area contributed by atoms with Crippen LogP contribution in [0.25, 0.3) is 0 Å². The van der Waals surface area contributed by atoms with Gasteiger partial charge in [0.15, 0.2) is 5.76 Å². The van der Waals surface area contributed by atoms with Crippen molar-refractivity contribution in [2.45, 2.75) is 6.04 Å². The zero-order valence-corrected chi connectivity index (χ0v) is 13.7. The lowest BCUT2D eigenvalue weighted by Gasteiger charge is -2.35. The van der Waals surface area contributed by atoms with Crippen molar-refractivity contribution in [2.24, 2.45) is 0 Å². The highest BCUT2D eigenvalue weighted by Gasteiger charge is 2.26. The van der Waals surface area contributed by atoms with Crippen LogP contribution in [0.4, 0.5) is 0 Å². The average molecular weight is 330 g/mol. The van der Waals surface area contributed by atoms with E-state index in [1.165, 1.54) is 6.26 Å². The van der Waals surface area contributed by atoms with Gasteiger partial charge < -0.3 is 19.2 Å². The predicted molar refractivity (Wildman–Crippen MR) is 89.2 cm³/mol. The number of furan rings is 1. The highest BCUT2D eigenvalue weighted by molar-refractivity contribution is 5.91. The van der Waals surface area contributed by atoms with E-state index in [1.807, 2.05) is 24.3 Å². The Labute approximate surface area is 141 Å². The van der Waals surface area contributed by atoms with Gasteiger partial charge in [-0.2, -0.15) is 0 Å². The Bertz CT molecular complexity index is 651. The number of para-hydroxylation sites is 1. The molecule has 1 aliphatic heterocycles. The van der Waals surface area contributed by atoms with Crippen molar-refractivity contribution in [2.75, 3.05) is 40.0 Å². The van der Waals surface area contributed by atoms with Crippen molar-refractivity contribution < 1.29 is 18.7 Å². The van der Waals surface area contributed by atoms with Gasteiger partial charge in [-0.1, -0.05) is 18.2 Å². The summed E-state index contributed by atoms with van der Waals surface area (Å²) in [7, 11) is 1.66. The number of rotatable bonds is 6. The molecular formula is C18H22N2O4. The second kappa shape index (κ2) is 7.99. The average Bonchev–Trinajstić information content (AvgIpc) is 3.18. The summed E-state index contributed by atoms with van der Waals surface area (Å²) in [4.78, 5) is 14.5. The van der Waals surface area contributed by atoms with Gasteiger partial charge in [-0.3, -0.25) is 9.69 Å². The van der Waals surface area contributed by atoms with Crippen molar-refractivity contribution >= 4 is 5.91 Å². The summed E-state index contributed by atoms with van der Waals surface area (Å²) in [5.41, 5.74) is 1.06. The number of hydrogen-bond acceptors (Lipinski definition) is 5. The molecule has 1 saturated heterocycles. The monoisotopic (exact) mass is 330 g/mol. The van der Waals surface area contributed by atoms with Gasteiger partial charge in [0.25, 0.3) is 5.91 Å². The summed E-state index contributed by atoms with van der Waals surface area (Å²) in [5.74, 6) is 0.921. The van der Waals surface area contributed by atoms with Crippen molar-refractivity contribution in [3.05, 3.63) is 54.0 Å². The second-order valence-corrected chi connectivity index (χ2v) is 5.59. The number of nitrogens with one attached hydrogen (secondary N) is 1. The Morgan fingerprint density at radius 2 is 2.04 bits per heavy atom. The molecule has 1 aromatic carbocycles. The van der Waals surface area contributed by atoms with E-state index in [9.17, 15) is 4.79 Å². The van der Waals surface area contributed by atoms with E-state index >= 15 is 0 Å². The first kappa shape index (κ1) is 16.5. The molecule has 2 heterocycles. The molecule has 2 aromatic rings. The van der Waals surface area contributed by atoms with Crippen LogP contribution in [-0.4, -0.2) is 50.8 Å². The molecule has 24 heavy (non-hydrogen) atoms. The van der Waals surface area contributed by atoms with Crippen LogP contribution in [-0.2, 0) is 4.74 Å². The zero-order valence-electron chi connectivity index (χ0n) is 13.7. The third kappa shape index (κ3) is 3.77. The summed E-state index contributed by atoms with van der Waals surface area (Å²) in [6.45, 7) is 3.49. The van der Waals surface area contributed by atoms with E-state index in [1.54, 1.807) is 19.2 Å². The molecular weight excluding hydrogens is 308 g/mol. The first-order chi connectivity index (χ1) is 11.8. The molecule has 128 valence electrons. The van der Waals surface area contributed by atoms with E-state index < -0.39 is 0 Å². The van der Waals surface area contributed by atoms with Gasteiger partial charge in [-0.25, -0.2) is 0 Å². The fraction of sp³-hybridized carbons (Fsp3) is 0.389. The number of carbonyl (C=O) groups excluding carboxylic acids is 1. The lowest BCUT2D eigenvalue weighted by molar-refractivity contribution is 0.0157. The first-order valence-electron chi connectivity index (χ1n) is 8.06. The summed E-state index contributed by atoms with van der Waals surface area (Å²) in [6.07, 6.45) is 1.49. The summed E-state index contributed by atoms with van der Waals surface area (Å²) in [5, 5.41) is 2.96. The fourth-order valence-corrected chi connectivity index (χ4v) is 2.95. The van der Waals surface area contributed by atoms with Crippen LogP contribution >= 0.6 is 0 Å². The quantitative estimate of drug-likeness (QED) is 0.879. The van der Waals surface area contributed by atoms with Gasteiger partial charge in [0.2, 0.25) is 0 Å². The van der Waals surface area contributed by atoms with Gasteiger partial charge in [0.05, 0.1) is 32.6 Å². The van der Waals surface area contributed by atoms with Gasteiger partial charge >= 0.3 is 0 Å². The Kier molecular flexibility index (Phi) is 5.51. The second-order valence-electron chi connectivity index (χ2n) is 5.59. The lowest BCUT2D eigenvalue weighted by atomic mass is 10.0. The fourth-order valence-electron chi connectivity index (χ4n) is 2.95. The van der Waals surface area contributed by atoms with E-state index in [0.29, 0.717) is 25.5 Å². The van der Waals surface area contributed by atoms with Gasteiger partial charge in [-0.05, 0) is 18.2 Å². The smallest absolute Gasteiger partial charge is 0.287 e. The molecule has 1 unspecified atom stereocenters. The molecule has 1 N–H and O–H groups in total. The van der Waals surface area contributed by atoms with Crippen LogP contribution in [0, 0.1) is 0 Å². The molecule has 6 nitrogen and oxygen atoms in total. The van der Waals surface area contributed by atoms with Gasteiger partial charge in [0, 0.05) is 25.2 Å². The van der Waals surface area contributed by atoms with Gasteiger partial charge in [0.1, 0.15) is 5.75 Å². The van der Waals surface area contributed by atoms with E-state index in [0.717, 1.165) is 24.4 Å². The van der Waals surface area contributed by atoms with Crippen molar-refractivity contribution in [1.82, 2.24) is 10.2 Å². The Balaban J connectivity index is 1.78. The number of ether oxygens (including phenoxy) is 2. The van der Waals surface area contributed by atoms with Crippen LogP contribution in [0.1, 0.15) is 22.2 Å². The van der Waals surface area contributed by atoms with E-state index in [2.05, 4.69) is 10.2 Å². The normalized spacial score (nSPS) is 16.5. The first-order valence-corrected chi connectivity index (χ1v) is 8.06. The Hall–Kier alpha value is -2.31. The predicted octanol–water partition coefficient (Wildman–Crippen LogP) is 2.09. The number of amides is 1. The number of hydrogen-bond donors (Lipinski definition) is 1. The molecule has 0 radical (unpaired) electrons.